The first kappa shape index (κ1) is 6.47. The Balaban J connectivity index is 2.31. The van der Waals surface area contributed by atoms with Crippen LogP contribution in [0.3, 0.4) is 0 Å². The highest BCUT2D eigenvalue weighted by atomic mass is 32.2. The lowest BCUT2D eigenvalue weighted by Crippen LogP contribution is -2.09. The van der Waals surface area contributed by atoms with Gasteiger partial charge in [0, 0.05) is 23.5 Å². The number of thioether (sulfide) groups is 1. The third-order valence-corrected chi connectivity index (χ3v) is 3.21. The summed E-state index contributed by atoms with van der Waals surface area (Å²) in [5.41, 5.74) is 2.61. The summed E-state index contributed by atoms with van der Waals surface area (Å²) in [6, 6.07) is 0. The van der Waals surface area contributed by atoms with Gasteiger partial charge in [0.15, 0.2) is 5.78 Å². The second-order valence-electron chi connectivity index (χ2n) is 2.85. The van der Waals surface area contributed by atoms with Crippen molar-refractivity contribution < 1.29 is 4.79 Å². The Bertz CT molecular complexity index is 205. The van der Waals surface area contributed by atoms with E-state index in [2.05, 4.69) is 0 Å². The maximum absolute atomic E-state index is 11.2. The molecule has 1 aliphatic heterocycles. The van der Waals surface area contributed by atoms with E-state index >= 15 is 0 Å². The van der Waals surface area contributed by atoms with Crippen LogP contribution in [0.5, 0.6) is 0 Å². The number of rotatable bonds is 0. The van der Waals surface area contributed by atoms with E-state index in [4.69, 9.17) is 0 Å². The fourth-order valence-corrected chi connectivity index (χ4v) is 2.82. The van der Waals surface area contributed by atoms with Crippen molar-refractivity contribution in [3.05, 3.63) is 11.1 Å². The third-order valence-electron chi connectivity index (χ3n) is 2.17. The SMILES string of the molecule is O=C1CCCC2=C1CSC2. The van der Waals surface area contributed by atoms with E-state index in [0.717, 1.165) is 29.9 Å². The van der Waals surface area contributed by atoms with Gasteiger partial charge in [-0.3, -0.25) is 4.79 Å². The quantitative estimate of drug-likeness (QED) is 0.529. The fraction of sp³-hybridized carbons (Fsp3) is 0.625. The zero-order valence-corrected chi connectivity index (χ0v) is 6.67. The number of hydrogen-bond acceptors (Lipinski definition) is 2. The molecule has 1 aliphatic carbocycles. The molecule has 0 saturated heterocycles. The molecule has 54 valence electrons. The molecular formula is C8H10OS. The molecule has 0 aromatic heterocycles. The summed E-state index contributed by atoms with van der Waals surface area (Å²) in [6.45, 7) is 0. The van der Waals surface area contributed by atoms with Gasteiger partial charge in [0.05, 0.1) is 0 Å². The standard InChI is InChI=1S/C8H10OS/c9-8-3-1-2-6-4-10-5-7(6)8/h1-5H2. The van der Waals surface area contributed by atoms with Crippen molar-refractivity contribution in [2.45, 2.75) is 19.3 Å². The Kier molecular flexibility index (Phi) is 1.57. The van der Waals surface area contributed by atoms with Gasteiger partial charge < -0.3 is 0 Å². The Labute approximate surface area is 64.9 Å². The van der Waals surface area contributed by atoms with Gasteiger partial charge in [-0.05, 0) is 12.8 Å². The molecule has 1 heterocycles. The molecule has 0 aromatic rings. The average Bonchev–Trinajstić information content (AvgIpc) is 2.36. The minimum absolute atomic E-state index is 0.422. The molecule has 10 heavy (non-hydrogen) atoms. The first-order valence-corrected chi connectivity index (χ1v) is 4.85. The highest BCUT2D eigenvalue weighted by Crippen LogP contribution is 2.32. The first-order valence-electron chi connectivity index (χ1n) is 3.70. The van der Waals surface area contributed by atoms with Crippen LogP contribution in [0.15, 0.2) is 11.1 Å². The van der Waals surface area contributed by atoms with Crippen LogP contribution in [0.25, 0.3) is 0 Å². The number of carbonyl (C=O) groups excluding carboxylic acids is 1. The largest absolute Gasteiger partial charge is 0.295 e. The minimum Gasteiger partial charge on any atom is -0.295 e. The van der Waals surface area contributed by atoms with E-state index in [9.17, 15) is 4.79 Å². The molecule has 0 unspecified atom stereocenters. The molecule has 2 heteroatoms. The Morgan fingerprint density at radius 3 is 2.90 bits per heavy atom. The van der Waals surface area contributed by atoms with E-state index in [0.29, 0.717) is 5.78 Å². The van der Waals surface area contributed by atoms with Crippen LogP contribution in [0.4, 0.5) is 0 Å². The van der Waals surface area contributed by atoms with E-state index < -0.39 is 0 Å². The van der Waals surface area contributed by atoms with E-state index in [1.165, 1.54) is 12.0 Å². The predicted molar refractivity (Wildman–Crippen MR) is 43.2 cm³/mol. The van der Waals surface area contributed by atoms with Crippen LogP contribution >= 0.6 is 11.8 Å². The Hall–Kier alpha value is -0.240. The average molecular weight is 154 g/mol. The molecule has 0 saturated carbocycles. The zero-order chi connectivity index (χ0) is 6.97. The van der Waals surface area contributed by atoms with E-state index in [1.54, 1.807) is 0 Å². The lowest BCUT2D eigenvalue weighted by Gasteiger charge is -2.10. The van der Waals surface area contributed by atoms with E-state index in [1.807, 2.05) is 11.8 Å². The molecule has 2 rings (SSSR count). The van der Waals surface area contributed by atoms with Crippen molar-refractivity contribution in [1.29, 1.82) is 0 Å². The molecular weight excluding hydrogens is 144 g/mol. The minimum atomic E-state index is 0.422. The van der Waals surface area contributed by atoms with Gasteiger partial charge in [0.1, 0.15) is 0 Å². The topological polar surface area (TPSA) is 17.1 Å². The van der Waals surface area contributed by atoms with E-state index in [-0.39, 0.29) is 0 Å². The van der Waals surface area contributed by atoms with Crippen LogP contribution in [-0.4, -0.2) is 17.3 Å². The normalized spacial score (nSPS) is 25.4. The summed E-state index contributed by atoms with van der Waals surface area (Å²) in [7, 11) is 0. The number of hydrogen-bond donors (Lipinski definition) is 0. The molecule has 0 atom stereocenters. The molecule has 0 aromatic carbocycles. The zero-order valence-electron chi connectivity index (χ0n) is 5.85. The van der Waals surface area contributed by atoms with Gasteiger partial charge in [-0.1, -0.05) is 5.57 Å². The van der Waals surface area contributed by atoms with Crippen LogP contribution in [0.2, 0.25) is 0 Å². The summed E-state index contributed by atoms with van der Waals surface area (Å²) in [5, 5.41) is 0. The van der Waals surface area contributed by atoms with Gasteiger partial charge in [-0.15, -0.1) is 0 Å². The molecule has 0 N–H and O–H groups in total. The third kappa shape index (κ3) is 0.908. The first-order chi connectivity index (χ1) is 4.88. The molecule has 0 fully saturated rings. The van der Waals surface area contributed by atoms with Crippen LogP contribution < -0.4 is 0 Å². The maximum Gasteiger partial charge on any atom is 0.159 e. The molecule has 1 nitrogen and oxygen atoms in total. The summed E-state index contributed by atoms with van der Waals surface area (Å²) < 4.78 is 0. The van der Waals surface area contributed by atoms with Crippen molar-refractivity contribution in [2.75, 3.05) is 11.5 Å². The Morgan fingerprint density at radius 1 is 1.20 bits per heavy atom. The van der Waals surface area contributed by atoms with Crippen LogP contribution in [0, 0.1) is 0 Å². The van der Waals surface area contributed by atoms with Crippen molar-refractivity contribution >= 4 is 17.5 Å². The molecule has 0 bridgehead atoms. The molecule has 0 spiro atoms. The second kappa shape index (κ2) is 2.42. The Morgan fingerprint density at radius 2 is 2.10 bits per heavy atom. The lowest BCUT2D eigenvalue weighted by molar-refractivity contribution is -0.115. The van der Waals surface area contributed by atoms with Gasteiger partial charge in [0.25, 0.3) is 0 Å². The van der Waals surface area contributed by atoms with Crippen molar-refractivity contribution in [1.82, 2.24) is 0 Å². The molecule has 0 radical (unpaired) electrons. The van der Waals surface area contributed by atoms with Crippen molar-refractivity contribution in [3.8, 4) is 0 Å². The highest BCUT2D eigenvalue weighted by molar-refractivity contribution is 8.00. The monoisotopic (exact) mass is 154 g/mol. The smallest absolute Gasteiger partial charge is 0.159 e. The number of Topliss-reactive ketones (excluding diaryl/α,β-unsaturated/α-hetero) is 1. The summed E-state index contributed by atoms with van der Waals surface area (Å²) >= 11 is 1.89. The second-order valence-corrected chi connectivity index (χ2v) is 3.84. The predicted octanol–water partition coefficient (Wildman–Crippen LogP) is 1.78. The summed E-state index contributed by atoms with van der Waals surface area (Å²) in [4.78, 5) is 11.2. The van der Waals surface area contributed by atoms with Crippen molar-refractivity contribution in [3.63, 3.8) is 0 Å². The summed E-state index contributed by atoms with van der Waals surface area (Å²) in [6.07, 6.45) is 3.09. The summed E-state index contributed by atoms with van der Waals surface area (Å²) in [5.74, 6) is 2.54. The van der Waals surface area contributed by atoms with Gasteiger partial charge in [0.2, 0.25) is 0 Å². The molecule has 2 aliphatic rings. The lowest BCUT2D eigenvalue weighted by atomic mass is 9.93. The van der Waals surface area contributed by atoms with Crippen LogP contribution in [0.1, 0.15) is 19.3 Å². The number of ketones is 1. The van der Waals surface area contributed by atoms with Gasteiger partial charge in [-0.2, -0.15) is 11.8 Å². The maximum atomic E-state index is 11.2. The highest BCUT2D eigenvalue weighted by Gasteiger charge is 2.23. The molecule has 0 amide bonds. The van der Waals surface area contributed by atoms with Gasteiger partial charge in [-0.25, -0.2) is 0 Å². The van der Waals surface area contributed by atoms with Crippen LogP contribution in [-0.2, 0) is 4.79 Å². The fourth-order valence-electron chi connectivity index (χ4n) is 1.58. The van der Waals surface area contributed by atoms with Crippen molar-refractivity contribution in [2.24, 2.45) is 0 Å². The number of carbonyl (C=O) groups is 1. The van der Waals surface area contributed by atoms with Gasteiger partial charge >= 0.3 is 0 Å².